The molecule has 0 aliphatic rings. The lowest BCUT2D eigenvalue weighted by molar-refractivity contribution is 0.101. The third kappa shape index (κ3) is 3.17. The lowest BCUT2D eigenvalue weighted by Gasteiger charge is -1.99. The Morgan fingerprint density at radius 1 is 1.14 bits per heavy atom. The average Bonchev–Trinajstić information content (AvgIpc) is 2.15. The van der Waals surface area contributed by atoms with E-state index in [1.54, 1.807) is 6.92 Å². The number of hydrogen-bond acceptors (Lipinski definition) is 1. The highest BCUT2D eigenvalue weighted by Crippen LogP contribution is 2.07. The monoisotopic (exact) mass is 188 g/mol. The number of Topliss-reactive ketones (excluding diaryl/α,β-unsaturated/α-hetero) is 1. The molecule has 1 rings (SSSR count). The molecule has 0 heterocycles. The molecule has 1 aromatic rings. The molecule has 0 aliphatic heterocycles. The third-order valence-electron chi connectivity index (χ3n) is 2.11. The van der Waals surface area contributed by atoms with Crippen LogP contribution in [0.15, 0.2) is 35.9 Å². The topological polar surface area (TPSA) is 17.1 Å². The number of allylic oxidation sites excluding steroid dienone is 2. The maximum absolute atomic E-state index is 11.0. The molecule has 0 saturated carbocycles. The summed E-state index contributed by atoms with van der Waals surface area (Å²) in [6.45, 7) is 5.76. The van der Waals surface area contributed by atoms with Crippen molar-refractivity contribution in [2.24, 2.45) is 0 Å². The van der Waals surface area contributed by atoms with E-state index in [0.717, 1.165) is 12.0 Å². The Hall–Kier alpha value is -1.37. The van der Waals surface area contributed by atoms with E-state index in [4.69, 9.17) is 0 Å². The molecule has 0 saturated heterocycles. The maximum Gasteiger partial charge on any atom is 0.159 e. The predicted octanol–water partition coefficient (Wildman–Crippen LogP) is 3.40. The van der Waals surface area contributed by atoms with Gasteiger partial charge < -0.3 is 0 Å². The first-order valence-corrected chi connectivity index (χ1v) is 4.83. The van der Waals surface area contributed by atoms with Gasteiger partial charge in [0.1, 0.15) is 0 Å². The van der Waals surface area contributed by atoms with Gasteiger partial charge in [0, 0.05) is 5.56 Å². The summed E-state index contributed by atoms with van der Waals surface area (Å²) in [7, 11) is 0. The van der Waals surface area contributed by atoms with Crippen LogP contribution >= 0.6 is 0 Å². The highest BCUT2D eigenvalue weighted by molar-refractivity contribution is 5.93. The first-order chi connectivity index (χ1) is 6.59. The minimum absolute atomic E-state index is 0.124. The molecule has 0 fully saturated rings. The third-order valence-corrected chi connectivity index (χ3v) is 2.11. The van der Waals surface area contributed by atoms with Crippen molar-refractivity contribution in [2.45, 2.75) is 27.2 Å². The summed E-state index contributed by atoms with van der Waals surface area (Å²) >= 11 is 0. The van der Waals surface area contributed by atoms with E-state index in [0.29, 0.717) is 0 Å². The smallest absolute Gasteiger partial charge is 0.159 e. The van der Waals surface area contributed by atoms with Crippen LogP contribution < -0.4 is 0 Å². The highest BCUT2D eigenvalue weighted by Gasteiger charge is 1.97. The Kier molecular flexibility index (Phi) is 3.63. The van der Waals surface area contributed by atoms with Gasteiger partial charge in [-0.25, -0.2) is 0 Å². The molecule has 0 N–H and O–H groups in total. The molecule has 0 unspecified atom stereocenters. The summed E-state index contributed by atoms with van der Waals surface area (Å²) in [5.41, 5.74) is 3.35. The second-order valence-electron chi connectivity index (χ2n) is 3.74. The van der Waals surface area contributed by atoms with E-state index in [9.17, 15) is 4.79 Å². The van der Waals surface area contributed by atoms with Crippen molar-refractivity contribution in [3.05, 3.63) is 47.0 Å². The zero-order valence-corrected chi connectivity index (χ0v) is 9.00. The van der Waals surface area contributed by atoms with Crippen LogP contribution in [-0.4, -0.2) is 5.78 Å². The minimum atomic E-state index is 0.124. The van der Waals surface area contributed by atoms with E-state index in [2.05, 4.69) is 19.9 Å². The fourth-order valence-electron chi connectivity index (χ4n) is 1.20. The van der Waals surface area contributed by atoms with Crippen molar-refractivity contribution in [3.63, 3.8) is 0 Å². The fraction of sp³-hybridized carbons (Fsp3) is 0.308. The minimum Gasteiger partial charge on any atom is -0.295 e. The molecule has 14 heavy (non-hydrogen) atoms. The number of rotatable bonds is 3. The Labute approximate surface area is 85.5 Å². The normalized spacial score (nSPS) is 9.64. The Morgan fingerprint density at radius 3 is 2.14 bits per heavy atom. The van der Waals surface area contributed by atoms with Gasteiger partial charge in [0.2, 0.25) is 0 Å². The number of carbonyl (C=O) groups excluding carboxylic acids is 1. The van der Waals surface area contributed by atoms with Crippen LogP contribution in [0.25, 0.3) is 0 Å². The van der Waals surface area contributed by atoms with E-state index in [1.165, 1.54) is 11.1 Å². The SMILES string of the molecule is CC(=O)c1ccc(CC=C(C)C)cc1. The molecule has 0 aliphatic carbocycles. The number of carbonyl (C=O) groups is 1. The largest absolute Gasteiger partial charge is 0.295 e. The molecule has 0 spiro atoms. The van der Waals surface area contributed by atoms with Gasteiger partial charge in [-0.15, -0.1) is 0 Å². The van der Waals surface area contributed by atoms with E-state index in [1.807, 2.05) is 24.3 Å². The van der Waals surface area contributed by atoms with Crippen LogP contribution in [-0.2, 0) is 6.42 Å². The van der Waals surface area contributed by atoms with Gasteiger partial charge in [-0.2, -0.15) is 0 Å². The van der Waals surface area contributed by atoms with Gasteiger partial charge in [0.15, 0.2) is 5.78 Å². The van der Waals surface area contributed by atoms with Crippen molar-refractivity contribution >= 4 is 5.78 Å². The zero-order valence-electron chi connectivity index (χ0n) is 9.00. The predicted molar refractivity (Wildman–Crippen MR) is 59.6 cm³/mol. The summed E-state index contributed by atoms with van der Waals surface area (Å²) in [6.07, 6.45) is 3.13. The maximum atomic E-state index is 11.0. The number of ketones is 1. The Bertz CT molecular complexity index is 340. The summed E-state index contributed by atoms with van der Waals surface area (Å²) < 4.78 is 0. The number of benzene rings is 1. The van der Waals surface area contributed by atoms with Gasteiger partial charge in [0.25, 0.3) is 0 Å². The molecule has 1 aromatic carbocycles. The molecule has 0 atom stereocenters. The molecule has 0 amide bonds. The summed E-state index contributed by atoms with van der Waals surface area (Å²) in [5.74, 6) is 0.124. The Morgan fingerprint density at radius 2 is 1.71 bits per heavy atom. The van der Waals surface area contributed by atoms with Crippen LogP contribution in [0.3, 0.4) is 0 Å². The van der Waals surface area contributed by atoms with Crippen LogP contribution in [0, 0.1) is 0 Å². The van der Waals surface area contributed by atoms with Crippen LogP contribution in [0.2, 0.25) is 0 Å². The molecular weight excluding hydrogens is 172 g/mol. The summed E-state index contributed by atoms with van der Waals surface area (Å²) in [6, 6.07) is 7.79. The van der Waals surface area contributed by atoms with Crippen molar-refractivity contribution in [3.8, 4) is 0 Å². The van der Waals surface area contributed by atoms with E-state index < -0.39 is 0 Å². The van der Waals surface area contributed by atoms with Gasteiger partial charge in [0.05, 0.1) is 0 Å². The highest BCUT2D eigenvalue weighted by atomic mass is 16.1. The molecule has 74 valence electrons. The van der Waals surface area contributed by atoms with Crippen LogP contribution in [0.4, 0.5) is 0 Å². The zero-order chi connectivity index (χ0) is 10.6. The molecule has 1 nitrogen and oxygen atoms in total. The van der Waals surface area contributed by atoms with Crippen molar-refractivity contribution in [2.75, 3.05) is 0 Å². The lowest BCUT2D eigenvalue weighted by atomic mass is 10.1. The molecule has 0 radical (unpaired) electrons. The van der Waals surface area contributed by atoms with Crippen LogP contribution in [0.1, 0.15) is 36.7 Å². The fourth-order valence-corrected chi connectivity index (χ4v) is 1.20. The average molecular weight is 188 g/mol. The van der Waals surface area contributed by atoms with Gasteiger partial charge in [-0.1, -0.05) is 35.9 Å². The second kappa shape index (κ2) is 4.75. The lowest BCUT2D eigenvalue weighted by Crippen LogP contribution is -1.91. The first-order valence-electron chi connectivity index (χ1n) is 4.83. The number of hydrogen-bond donors (Lipinski definition) is 0. The van der Waals surface area contributed by atoms with E-state index in [-0.39, 0.29) is 5.78 Å². The van der Waals surface area contributed by atoms with E-state index >= 15 is 0 Å². The first kappa shape index (κ1) is 10.7. The molecule has 0 aromatic heterocycles. The quantitative estimate of drug-likeness (QED) is 0.525. The summed E-state index contributed by atoms with van der Waals surface area (Å²) in [5, 5.41) is 0. The second-order valence-corrected chi connectivity index (χ2v) is 3.74. The Balaban J connectivity index is 2.74. The van der Waals surface area contributed by atoms with Gasteiger partial charge >= 0.3 is 0 Å². The van der Waals surface area contributed by atoms with Crippen molar-refractivity contribution < 1.29 is 4.79 Å². The molecule has 1 heteroatoms. The standard InChI is InChI=1S/C13H16O/c1-10(2)4-5-12-6-8-13(9-7-12)11(3)14/h4,6-9H,5H2,1-3H3. The molecule has 0 bridgehead atoms. The van der Waals surface area contributed by atoms with Crippen LogP contribution in [0.5, 0.6) is 0 Å². The van der Waals surface area contributed by atoms with Crippen molar-refractivity contribution in [1.29, 1.82) is 0 Å². The van der Waals surface area contributed by atoms with Gasteiger partial charge in [-0.05, 0) is 32.8 Å². The molecular formula is C13H16O. The summed E-state index contributed by atoms with van der Waals surface area (Å²) in [4.78, 5) is 11.0. The van der Waals surface area contributed by atoms with Crippen molar-refractivity contribution in [1.82, 2.24) is 0 Å². The van der Waals surface area contributed by atoms with Gasteiger partial charge in [-0.3, -0.25) is 4.79 Å².